The predicted octanol–water partition coefficient (Wildman–Crippen LogP) is 4.43. The third kappa shape index (κ3) is 4.37. The number of benzene rings is 2. The third-order valence-corrected chi connectivity index (χ3v) is 6.82. The summed E-state index contributed by atoms with van der Waals surface area (Å²) in [5.74, 6) is 0.00809. The van der Waals surface area contributed by atoms with Crippen LogP contribution >= 0.6 is 0 Å². The molecule has 0 atom stereocenters. The molecule has 0 saturated carbocycles. The molecule has 0 spiro atoms. The molecule has 1 heterocycles. The zero-order chi connectivity index (χ0) is 21.0. The van der Waals surface area contributed by atoms with Crippen LogP contribution in [0, 0.1) is 6.92 Å². The Morgan fingerprint density at radius 1 is 0.966 bits per heavy atom. The van der Waals surface area contributed by atoms with Gasteiger partial charge >= 0.3 is 0 Å². The lowest BCUT2D eigenvalue weighted by Gasteiger charge is -2.22. The molecule has 0 saturated heterocycles. The number of carbonyl (C=O) groups is 1. The van der Waals surface area contributed by atoms with Crippen LogP contribution in [0.2, 0.25) is 0 Å². The maximum absolute atomic E-state index is 13.3. The molecule has 1 aromatic heterocycles. The highest BCUT2D eigenvalue weighted by atomic mass is 32.2. The third-order valence-electron chi connectivity index (χ3n) is 5.02. The molecule has 0 aliphatic carbocycles. The minimum atomic E-state index is -3.68. The summed E-state index contributed by atoms with van der Waals surface area (Å²) in [6.07, 6.45) is 3.39. The van der Waals surface area contributed by atoms with E-state index in [2.05, 4.69) is 0 Å². The molecule has 0 aliphatic heterocycles. The van der Waals surface area contributed by atoms with Gasteiger partial charge in [0.2, 0.25) is 15.7 Å². The van der Waals surface area contributed by atoms with Gasteiger partial charge in [0.15, 0.2) is 0 Å². The van der Waals surface area contributed by atoms with Gasteiger partial charge in [-0.3, -0.25) is 4.79 Å². The lowest BCUT2D eigenvalue weighted by Crippen LogP contribution is -2.35. The van der Waals surface area contributed by atoms with E-state index < -0.39 is 9.84 Å². The van der Waals surface area contributed by atoms with Crippen LogP contribution in [-0.4, -0.2) is 36.9 Å². The number of carbonyl (C=O) groups excluding carboxylic acids is 1. The van der Waals surface area contributed by atoms with Crippen LogP contribution in [0.4, 0.5) is 0 Å². The number of aryl methyl sites for hydroxylation is 1. The SMILES string of the molecule is CCCN(CCC)C(=O)Cn1cc(S(=O)(=O)c2ccc(C)cc2)c2ccccc21. The molecule has 0 N–H and O–H groups in total. The molecule has 0 radical (unpaired) electrons. The van der Waals surface area contributed by atoms with E-state index in [0.717, 1.165) is 23.9 Å². The smallest absolute Gasteiger partial charge is 0.242 e. The van der Waals surface area contributed by atoms with Gasteiger partial charge in [-0.25, -0.2) is 8.42 Å². The van der Waals surface area contributed by atoms with Crippen molar-refractivity contribution in [3.05, 3.63) is 60.3 Å². The molecule has 0 aliphatic rings. The zero-order valence-corrected chi connectivity index (χ0v) is 18.1. The first-order valence-corrected chi connectivity index (χ1v) is 11.5. The summed E-state index contributed by atoms with van der Waals surface area (Å²) in [4.78, 5) is 15.2. The van der Waals surface area contributed by atoms with Gasteiger partial charge in [-0.2, -0.15) is 0 Å². The summed E-state index contributed by atoms with van der Waals surface area (Å²) in [6, 6.07) is 14.2. The number of aromatic nitrogens is 1. The van der Waals surface area contributed by atoms with Crippen molar-refractivity contribution in [2.45, 2.75) is 49.9 Å². The Bertz CT molecular complexity index is 1090. The summed E-state index contributed by atoms with van der Waals surface area (Å²) in [6.45, 7) is 7.57. The fourth-order valence-electron chi connectivity index (χ4n) is 3.55. The van der Waals surface area contributed by atoms with Crippen LogP contribution in [0.3, 0.4) is 0 Å². The number of sulfone groups is 1. The second kappa shape index (κ2) is 8.82. The van der Waals surface area contributed by atoms with Crippen LogP contribution in [0.15, 0.2) is 64.5 Å². The first-order valence-electron chi connectivity index (χ1n) is 10.1. The van der Waals surface area contributed by atoms with Crippen molar-refractivity contribution < 1.29 is 13.2 Å². The number of hydrogen-bond acceptors (Lipinski definition) is 3. The van der Waals surface area contributed by atoms with Crippen molar-refractivity contribution in [3.63, 3.8) is 0 Å². The Labute approximate surface area is 172 Å². The van der Waals surface area contributed by atoms with Crippen LogP contribution < -0.4 is 0 Å². The molecular formula is C23H28N2O3S. The number of para-hydroxylation sites is 1. The highest BCUT2D eigenvalue weighted by molar-refractivity contribution is 7.91. The van der Waals surface area contributed by atoms with Crippen molar-refractivity contribution in [3.8, 4) is 0 Å². The summed E-state index contributed by atoms with van der Waals surface area (Å²) >= 11 is 0. The monoisotopic (exact) mass is 412 g/mol. The number of amides is 1. The summed E-state index contributed by atoms with van der Waals surface area (Å²) in [5.41, 5.74) is 1.75. The molecule has 3 aromatic rings. The van der Waals surface area contributed by atoms with Crippen LogP contribution in [0.5, 0.6) is 0 Å². The molecule has 0 unspecified atom stereocenters. The zero-order valence-electron chi connectivity index (χ0n) is 17.3. The molecule has 0 bridgehead atoms. The van der Waals surface area contributed by atoms with Gasteiger partial charge in [-0.05, 0) is 38.0 Å². The van der Waals surface area contributed by atoms with E-state index in [1.54, 1.807) is 41.1 Å². The van der Waals surface area contributed by atoms with Crippen molar-refractivity contribution in [2.75, 3.05) is 13.1 Å². The second-order valence-corrected chi connectivity index (χ2v) is 9.25. The van der Waals surface area contributed by atoms with Crippen molar-refractivity contribution >= 4 is 26.6 Å². The van der Waals surface area contributed by atoms with Crippen molar-refractivity contribution in [1.29, 1.82) is 0 Å². The van der Waals surface area contributed by atoms with Gasteiger partial charge in [0, 0.05) is 30.2 Å². The lowest BCUT2D eigenvalue weighted by molar-refractivity contribution is -0.131. The highest BCUT2D eigenvalue weighted by Gasteiger charge is 2.24. The van der Waals surface area contributed by atoms with Gasteiger partial charge in [-0.15, -0.1) is 0 Å². The maximum Gasteiger partial charge on any atom is 0.242 e. The number of nitrogens with zero attached hydrogens (tertiary/aromatic N) is 2. The second-order valence-electron chi connectivity index (χ2n) is 7.34. The van der Waals surface area contributed by atoms with Gasteiger partial charge in [0.05, 0.1) is 9.79 Å². The molecular weight excluding hydrogens is 384 g/mol. The average molecular weight is 413 g/mol. The Balaban J connectivity index is 2.03. The molecule has 3 rings (SSSR count). The molecule has 29 heavy (non-hydrogen) atoms. The average Bonchev–Trinajstić information content (AvgIpc) is 3.07. The van der Waals surface area contributed by atoms with Crippen molar-refractivity contribution in [1.82, 2.24) is 9.47 Å². The van der Waals surface area contributed by atoms with Gasteiger partial charge < -0.3 is 9.47 Å². The van der Waals surface area contributed by atoms with Crippen LogP contribution in [0.25, 0.3) is 10.9 Å². The number of rotatable bonds is 8. The van der Waals surface area contributed by atoms with E-state index in [-0.39, 0.29) is 22.2 Å². The Hall–Kier alpha value is -2.60. The number of fused-ring (bicyclic) bond motifs is 1. The van der Waals surface area contributed by atoms with E-state index in [1.165, 1.54) is 0 Å². The van der Waals surface area contributed by atoms with E-state index in [9.17, 15) is 13.2 Å². The van der Waals surface area contributed by atoms with Crippen molar-refractivity contribution in [2.24, 2.45) is 0 Å². The van der Waals surface area contributed by atoms with Crippen LogP contribution in [-0.2, 0) is 21.2 Å². The lowest BCUT2D eigenvalue weighted by atomic mass is 10.2. The van der Waals surface area contributed by atoms with Gasteiger partial charge in [-0.1, -0.05) is 49.7 Å². The van der Waals surface area contributed by atoms with Gasteiger partial charge in [0.1, 0.15) is 6.54 Å². The summed E-state index contributed by atoms with van der Waals surface area (Å²) < 4.78 is 28.3. The first-order chi connectivity index (χ1) is 13.9. The molecule has 154 valence electrons. The van der Waals surface area contributed by atoms with E-state index >= 15 is 0 Å². The first kappa shape index (κ1) is 21.1. The van der Waals surface area contributed by atoms with E-state index in [0.29, 0.717) is 18.5 Å². The highest BCUT2D eigenvalue weighted by Crippen LogP contribution is 2.30. The summed E-state index contributed by atoms with van der Waals surface area (Å²) in [7, 11) is -3.68. The normalized spacial score (nSPS) is 11.7. The summed E-state index contributed by atoms with van der Waals surface area (Å²) in [5, 5.41) is 0.637. The minimum Gasteiger partial charge on any atom is -0.341 e. The molecule has 5 nitrogen and oxygen atoms in total. The molecule has 6 heteroatoms. The predicted molar refractivity (Wildman–Crippen MR) is 116 cm³/mol. The number of hydrogen-bond donors (Lipinski definition) is 0. The Morgan fingerprint density at radius 2 is 1.59 bits per heavy atom. The van der Waals surface area contributed by atoms with E-state index in [1.807, 2.05) is 43.9 Å². The van der Waals surface area contributed by atoms with Crippen LogP contribution in [0.1, 0.15) is 32.3 Å². The minimum absolute atomic E-state index is 0.00809. The molecule has 0 fully saturated rings. The largest absolute Gasteiger partial charge is 0.341 e. The Kier molecular flexibility index (Phi) is 6.42. The topological polar surface area (TPSA) is 59.4 Å². The molecule has 1 amide bonds. The Morgan fingerprint density at radius 3 is 2.21 bits per heavy atom. The standard InChI is InChI=1S/C23H28N2O3S/c1-4-14-24(15-5-2)23(26)17-25-16-22(20-8-6-7-9-21(20)25)29(27,28)19-12-10-18(3)11-13-19/h6-13,16H,4-5,14-15,17H2,1-3H3. The fourth-order valence-corrected chi connectivity index (χ4v) is 5.03. The quantitative estimate of drug-likeness (QED) is 0.550. The fraction of sp³-hybridized carbons (Fsp3) is 0.348. The van der Waals surface area contributed by atoms with Gasteiger partial charge in [0.25, 0.3) is 0 Å². The molecule has 2 aromatic carbocycles. The van der Waals surface area contributed by atoms with E-state index in [4.69, 9.17) is 0 Å². The maximum atomic E-state index is 13.3.